The highest BCUT2D eigenvalue weighted by atomic mass is 35.5. The minimum Gasteiger partial charge on any atom is -0.376 e. The zero-order valence-electron chi connectivity index (χ0n) is 9.92. The molecule has 0 aliphatic rings. The van der Waals surface area contributed by atoms with Gasteiger partial charge in [-0.3, -0.25) is 0 Å². The second-order valence-electron chi connectivity index (χ2n) is 3.89. The van der Waals surface area contributed by atoms with Crippen LogP contribution in [0.1, 0.15) is 5.82 Å². The molecule has 96 valence electrons. The van der Waals surface area contributed by atoms with Gasteiger partial charge in [0.2, 0.25) is 0 Å². The molecule has 0 unspecified atom stereocenters. The molecule has 0 saturated heterocycles. The second-order valence-corrected chi connectivity index (χ2v) is 4.33. The molecule has 19 heavy (non-hydrogen) atoms. The first-order valence-corrected chi connectivity index (χ1v) is 6.07. The Hall–Kier alpha value is -2.34. The molecular formula is C12H11ClN6. The SMILES string of the molecule is Clc1ccc(-n2cncn2)c(NCc2ncc[nH]2)c1. The second kappa shape index (κ2) is 5.11. The van der Waals surface area contributed by atoms with E-state index in [-0.39, 0.29) is 0 Å². The number of halogens is 1. The normalized spacial score (nSPS) is 10.6. The Balaban J connectivity index is 1.88. The summed E-state index contributed by atoms with van der Waals surface area (Å²) in [6.07, 6.45) is 6.63. The van der Waals surface area contributed by atoms with E-state index in [0.717, 1.165) is 17.2 Å². The Morgan fingerprint density at radius 2 is 2.32 bits per heavy atom. The van der Waals surface area contributed by atoms with Crippen molar-refractivity contribution in [3.8, 4) is 5.69 Å². The molecule has 7 heteroatoms. The van der Waals surface area contributed by atoms with Gasteiger partial charge in [0.25, 0.3) is 0 Å². The van der Waals surface area contributed by atoms with Gasteiger partial charge in [0, 0.05) is 17.4 Å². The lowest BCUT2D eigenvalue weighted by Crippen LogP contribution is -2.06. The fraction of sp³-hybridized carbons (Fsp3) is 0.0833. The maximum Gasteiger partial charge on any atom is 0.138 e. The number of hydrogen-bond acceptors (Lipinski definition) is 4. The topological polar surface area (TPSA) is 71.4 Å². The van der Waals surface area contributed by atoms with Gasteiger partial charge in [-0.15, -0.1) is 0 Å². The van der Waals surface area contributed by atoms with Crippen LogP contribution in [0.3, 0.4) is 0 Å². The van der Waals surface area contributed by atoms with Gasteiger partial charge in [-0.2, -0.15) is 5.10 Å². The van der Waals surface area contributed by atoms with Gasteiger partial charge in [-0.25, -0.2) is 14.6 Å². The summed E-state index contributed by atoms with van der Waals surface area (Å²) in [5, 5.41) is 8.06. The summed E-state index contributed by atoms with van der Waals surface area (Å²) in [7, 11) is 0. The van der Waals surface area contributed by atoms with Crippen molar-refractivity contribution in [2.24, 2.45) is 0 Å². The van der Waals surface area contributed by atoms with E-state index in [1.54, 1.807) is 23.4 Å². The van der Waals surface area contributed by atoms with Crippen molar-refractivity contribution in [2.75, 3.05) is 5.32 Å². The molecule has 0 aliphatic carbocycles. The molecule has 6 nitrogen and oxygen atoms in total. The molecule has 2 heterocycles. The van der Waals surface area contributed by atoms with Gasteiger partial charge in [0.05, 0.1) is 17.9 Å². The molecule has 0 saturated carbocycles. The summed E-state index contributed by atoms with van der Waals surface area (Å²) < 4.78 is 1.68. The average Bonchev–Trinajstić information content (AvgIpc) is 3.10. The first-order chi connectivity index (χ1) is 9.33. The molecule has 0 bridgehead atoms. The van der Waals surface area contributed by atoms with E-state index in [1.165, 1.54) is 6.33 Å². The fourth-order valence-corrected chi connectivity index (χ4v) is 1.93. The van der Waals surface area contributed by atoms with Crippen molar-refractivity contribution < 1.29 is 0 Å². The maximum atomic E-state index is 6.03. The minimum atomic E-state index is 0.578. The first kappa shape index (κ1) is 11.7. The van der Waals surface area contributed by atoms with Crippen LogP contribution in [-0.4, -0.2) is 24.7 Å². The van der Waals surface area contributed by atoms with Crippen molar-refractivity contribution in [3.63, 3.8) is 0 Å². The van der Waals surface area contributed by atoms with Gasteiger partial charge in [-0.1, -0.05) is 11.6 Å². The predicted octanol–water partition coefficient (Wildman–Crippen LogP) is 2.26. The Labute approximate surface area is 114 Å². The summed E-state index contributed by atoms with van der Waals surface area (Å²) in [4.78, 5) is 11.1. The molecule has 0 radical (unpaired) electrons. The van der Waals surface area contributed by atoms with Crippen LogP contribution in [0.2, 0.25) is 5.02 Å². The summed E-state index contributed by atoms with van der Waals surface area (Å²) in [6, 6.07) is 5.56. The first-order valence-electron chi connectivity index (χ1n) is 5.69. The van der Waals surface area contributed by atoms with E-state index in [4.69, 9.17) is 11.6 Å². The monoisotopic (exact) mass is 274 g/mol. The van der Waals surface area contributed by atoms with Crippen molar-refractivity contribution in [1.82, 2.24) is 24.7 Å². The highest BCUT2D eigenvalue weighted by Crippen LogP contribution is 2.24. The van der Waals surface area contributed by atoms with Crippen molar-refractivity contribution in [3.05, 3.63) is 54.1 Å². The molecule has 0 atom stereocenters. The number of anilines is 1. The molecular weight excluding hydrogens is 264 g/mol. The maximum absolute atomic E-state index is 6.03. The number of aromatic nitrogens is 5. The molecule has 3 rings (SSSR count). The lowest BCUT2D eigenvalue weighted by Gasteiger charge is -2.11. The Kier molecular flexibility index (Phi) is 3.16. The van der Waals surface area contributed by atoms with E-state index in [9.17, 15) is 0 Å². The zero-order chi connectivity index (χ0) is 13.1. The van der Waals surface area contributed by atoms with Gasteiger partial charge in [0.15, 0.2) is 0 Å². The molecule has 0 amide bonds. The van der Waals surface area contributed by atoms with E-state index in [2.05, 4.69) is 25.4 Å². The van der Waals surface area contributed by atoms with Gasteiger partial charge in [-0.05, 0) is 18.2 Å². The highest BCUT2D eigenvalue weighted by Gasteiger charge is 2.06. The minimum absolute atomic E-state index is 0.578. The van der Waals surface area contributed by atoms with E-state index >= 15 is 0 Å². The molecule has 3 aromatic rings. The van der Waals surface area contributed by atoms with Crippen LogP contribution in [-0.2, 0) is 6.54 Å². The van der Waals surface area contributed by atoms with Crippen molar-refractivity contribution >= 4 is 17.3 Å². The number of H-pyrrole nitrogens is 1. The molecule has 2 N–H and O–H groups in total. The van der Waals surface area contributed by atoms with Gasteiger partial charge < -0.3 is 10.3 Å². The van der Waals surface area contributed by atoms with Gasteiger partial charge >= 0.3 is 0 Å². The largest absolute Gasteiger partial charge is 0.376 e. The van der Waals surface area contributed by atoms with Crippen LogP contribution in [0.25, 0.3) is 5.69 Å². The van der Waals surface area contributed by atoms with E-state index in [0.29, 0.717) is 11.6 Å². The Morgan fingerprint density at radius 1 is 1.37 bits per heavy atom. The third kappa shape index (κ3) is 2.58. The lowest BCUT2D eigenvalue weighted by atomic mass is 10.2. The fourth-order valence-electron chi connectivity index (χ4n) is 1.76. The van der Waals surface area contributed by atoms with E-state index < -0.39 is 0 Å². The summed E-state index contributed by atoms with van der Waals surface area (Å²) in [5.41, 5.74) is 1.75. The smallest absolute Gasteiger partial charge is 0.138 e. The predicted molar refractivity (Wildman–Crippen MR) is 72.3 cm³/mol. The number of hydrogen-bond donors (Lipinski definition) is 2. The molecule has 1 aromatic carbocycles. The van der Waals surface area contributed by atoms with Crippen LogP contribution in [0, 0.1) is 0 Å². The summed E-state index contributed by atoms with van der Waals surface area (Å²) >= 11 is 6.03. The third-order valence-corrected chi connectivity index (χ3v) is 2.86. The third-order valence-electron chi connectivity index (χ3n) is 2.63. The molecule has 0 aliphatic heterocycles. The number of imidazole rings is 1. The summed E-state index contributed by atoms with van der Waals surface area (Å²) in [5.74, 6) is 0.851. The molecule has 0 spiro atoms. The van der Waals surface area contributed by atoms with Crippen LogP contribution in [0.4, 0.5) is 5.69 Å². The average molecular weight is 275 g/mol. The standard InChI is InChI=1S/C12H11ClN6/c13-9-1-2-11(19-8-14-7-18-19)10(5-9)17-6-12-15-3-4-16-12/h1-5,7-8,17H,6H2,(H,15,16). The summed E-state index contributed by atoms with van der Waals surface area (Å²) in [6.45, 7) is 0.578. The quantitative estimate of drug-likeness (QED) is 0.765. The van der Waals surface area contributed by atoms with Crippen LogP contribution < -0.4 is 5.32 Å². The van der Waals surface area contributed by atoms with Crippen molar-refractivity contribution in [1.29, 1.82) is 0 Å². The highest BCUT2D eigenvalue weighted by molar-refractivity contribution is 6.31. The Bertz CT molecular complexity index is 647. The van der Waals surface area contributed by atoms with Crippen molar-refractivity contribution in [2.45, 2.75) is 6.54 Å². The molecule has 2 aromatic heterocycles. The molecule has 0 fully saturated rings. The lowest BCUT2D eigenvalue weighted by molar-refractivity contribution is 0.875. The van der Waals surface area contributed by atoms with E-state index in [1.807, 2.05) is 18.2 Å². The number of nitrogens with one attached hydrogen (secondary N) is 2. The Morgan fingerprint density at radius 3 is 3.05 bits per heavy atom. The number of aromatic amines is 1. The van der Waals surface area contributed by atoms with Crippen LogP contribution in [0.15, 0.2) is 43.2 Å². The number of rotatable bonds is 4. The zero-order valence-corrected chi connectivity index (χ0v) is 10.7. The van der Waals surface area contributed by atoms with Crippen LogP contribution in [0.5, 0.6) is 0 Å². The van der Waals surface area contributed by atoms with Crippen LogP contribution >= 0.6 is 11.6 Å². The number of nitrogens with zero attached hydrogens (tertiary/aromatic N) is 4. The number of benzene rings is 1. The van der Waals surface area contributed by atoms with Gasteiger partial charge in [0.1, 0.15) is 18.5 Å².